The van der Waals surface area contributed by atoms with Crippen LogP contribution in [-0.2, 0) is 4.79 Å². The highest BCUT2D eigenvalue weighted by Crippen LogP contribution is 2.30. The second-order valence-corrected chi connectivity index (χ2v) is 5.14. The van der Waals surface area contributed by atoms with E-state index in [-0.39, 0.29) is 5.78 Å². The van der Waals surface area contributed by atoms with Gasteiger partial charge < -0.3 is 16.8 Å². The summed E-state index contributed by atoms with van der Waals surface area (Å²) in [6.07, 6.45) is 7.30. The fourth-order valence-corrected chi connectivity index (χ4v) is 2.27. The SMILES string of the molecule is NCCCNc1nn2ccccc2c1N=C1C=CC(N)=CC1=O. The Morgan fingerprint density at radius 1 is 1.30 bits per heavy atom. The van der Waals surface area contributed by atoms with Crippen molar-refractivity contribution >= 4 is 28.5 Å². The predicted octanol–water partition coefficient (Wildman–Crippen LogP) is 1.15. The lowest BCUT2D eigenvalue weighted by Gasteiger charge is -2.05. The number of ketones is 1. The number of nitrogens with two attached hydrogens (primary N) is 2. The monoisotopic (exact) mass is 310 g/mol. The van der Waals surface area contributed by atoms with Gasteiger partial charge in [0.2, 0.25) is 5.78 Å². The van der Waals surface area contributed by atoms with Gasteiger partial charge in [-0.15, -0.1) is 5.10 Å². The number of aromatic nitrogens is 2. The maximum absolute atomic E-state index is 12.0. The molecule has 2 aromatic heterocycles. The Balaban J connectivity index is 2.03. The van der Waals surface area contributed by atoms with Crippen molar-refractivity contribution in [2.75, 3.05) is 18.4 Å². The third kappa shape index (κ3) is 3.14. The number of anilines is 1. The van der Waals surface area contributed by atoms with Crippen LogP contribution in [0.15, 0.2) is 53.3 Å². The molecule has 0 unspecified atom stereocenters. The lowest BCUT2D eigenvalue weighted by atomic mass is 10.1. The number of fused-ring (bicyclic) bond motifs is 1. The van der Waals surface area contributed by atoms with E-state index in [0.29, 0.717) is 36.0 Å². The predicted molar refractivity (Wildman–Crippen MR) is 90.9 cm³/mol. The third-order valence-electron chi connectivity index (χ3n) is 3.40. The van der Waals surface area contributed by atoms with Crippen LogP contribution in [0.3, 0.4) is 0 Å². The van der Waals surface area contributed by atoms with Crippen LogP contribution in [0.2, 0.25) is 0 Å². The van der Waals surface area contributed by atoms with E-state index in [1.807, 2.05) is 24.4 Å². The summed E-state index contributed by atoms with van der Waals surface area (Å²) in [6.45, 7) is 1.28. The van der Waals surface area contributed by atoms with E-state index in [2.05, 4.69) is 15.4 Å². The average molecular weight is 310 g/mol. The van der Waals surface area contributed by atoms with E-state index in [4.69, 9.17) is 11.5 Å². The number of allylic oxidation sites excluding steroid dienone is 3. The molecule has 7 nitrogen and oxygen atoms in total. The van der Waals surface area contributed by atoms with Crippen molar-refractivity contribution in [3.63, 3.8) is 0 Å². The highest BCUT2D eigenvalue weighted by Gasteiger charge is 2.16. The summed E-state index contributed by atoms with van der Waals surface area (Å²) in [7, 11) is 0. The number of pyridine rings is 1. The largest absolute Gasteiger partial charge is 0.399 e. The first-order valence-electron chi connectivity index (χ1n) is 7.38. The minimum Gasteiger partial charge on any atom is -0.399 e. The van der Waals surface area contributed by atoms with Crippen molar-refractivity contribution in [3.05, 3.63) is 48.3 Å². The molecule has 1 aliphatic rings. The smallest absolute Gasteiger partial charge is 0.206 e. The average Bonchev–Trinajstić information content (AvgIpc) is 2.88. The Hall–Kier alpha value is -2.93. The standard InChI is InChI=1S/C16H18N6O/c17-7-3-8-19-16-15(13-4-1-2-9-22(13)21-16)20-12-6-5-11(18)10-14(12)23/h1-2,4-6,9-10H,3,7-8,17-18H2,(H,19,21). The van der Waals surface area contributed by atoms with Gasteiger partial charge in [-0.05, 0) is 37.3 Å². The first-order valence-corrected chi connectivity index (χ1v) is 7.38. The number of carbonyl (C=O) groups is 1. The molecule has 0 spiro atoms. The van der Waals surface area contributed by atoms with E-state index in [0.717, 1.165) is 11.9 Å². The van der Waals surface area contributed by atoms with Crippen molar-refractivity contribution in [1.29, 1.82) is 0 Å². The minimum absolute atomic E-state index is 0.215. The highest BCUT2D eigenvalue weighted by molar-refractivity contribution is 6.49. The zero-order valence-corrected chi connectivity index (χ0v) is 12.6. The first-order chi connectivity index (χ1) is 11.2. The van der Waals surface area contributed by atoms with Crippen molar-refractivity contribution in [2.24, 2.45) is 16.5 Å². The molecule has 0 amide bonds. The summed E-state index contributed by atoms with van der Waals surface area (Å²) >= 11 is 0. The van der Waals surface area contributed by atoms with Gasteiger partial charge in [-0.1, -0.05) is 6.07 Å². The normalized spacial score (nSPS) is 16.1. The topological polar surface area (TPSA) is 111 Å². The molecule has 118 valence electrons. The van der Waals surface area contributed by atoms with Gasteiger partial charge in [0.25, 0.3) is 0 Å². The molecule has 0 aromatic carbocycles. The molecular formula is C16H18N6O. The van der Waals surface area contributed by atoms with Crippen LogP contribution in [0.1, 0.15) is 6.42 Å². The third-order valence-corrected chi connectivity index (χ3v) is 3.40. The van der Waals surface area contributed by atoms with Gasteiger partial charge in [0.15, 0.2) is 5.82 Å². The van der Waals surface area contributed by atoms with Crippen molar-refractivity contribution in [2.45, 2.75) is 6.42 Å². The maximum Gasteiger partial charge on any atom is 0.206 e. The van der Waals surface area contributed by atoms with Crippen LogP contribution in [0.25, 0.3) is 5.52 Å². The van der Waals surface area contributed by atoms with Gasteiger partial charge in [-0.25, -0.2) is 9.51 Å². The van der Waals surface area contributed by atoms with E-state index in [1.165, 1.54) is 6.08 Å². The number of aliphatic imine (C=N–C) groups is 1. The molecule has 3 rings (SSSR count). The van der Waals surface area contributed by atoms with Gasteiger partial charge in [-0.2, -0.15) is 0 Å². The van der Waals surface area contributed by atoms with Gasteiger partial charge in [0, 0.05) is 24.5 Å². The Bertz CT molecular complexity index is 830. The molecule has 1 aliphatic carbocycles. The van der Waals surface area contributed by atoms with E-state index in [1.54, 1.807) is 16.7 Å². The molecule has 2 aromatic rings. The number of rotatable bonds is 5. The van der Waals surface area contributed by atoms with Gasteiger partial charge in [0.05, 0.1) is 5.52 Å². The van der Waals surface area contributed by atoms with Crippen LogP contribution < -0.4 is 16.8 Å². The molecule has 7 heteroatoms. The quantitative estimate of drug-likeness (QED) is 0.566. The molecule has 0 saturated heterocycles. The molecule has 0 bridgehead atoms. The summed E-state index contributed by atoms with van der Waals surface area (Å²) < 4.78 is 1.73. The number of nitrogens with zero attached hydrogens (tertiary/aromatic N) is 3. The van der Waals surface area contributed by atoms with Crippen molar-refractivity contribution < 1.29 is 4.79 Å². The molecule has 0 saturated carbocycles. The van der Waals surface area contributed by atoms with Gasteiger partial charge in [-0.3, -0.25) is 4.79 Å². The summed E-state index contributed by atoms with van der Waals surface area (Å²) in [5.41, 5.74) is 13.3. The van der Waals surface area contributed by atoms with Crippen LogP contribution in [0, 0.1) is 0 Å². The first kappa shape index (κ1) is 15.0. The number of nitrogens with one attached hydrogen (secondary N) is 1. The Kier molecular flexibility index (Phi) is 4.20. The van der Waals surface area contributed by atoms with Crippen molar-refractivity contribution in [3.8, 4) is 0 Å². The Morgan fingerprint density at radius 2 is 2.17 bits per heavy atom. The fourth-order valence-electron chi connectivity index (χ4n) is 2.27. The molecule has 0 radical (unpaired) electrons. The Labute approximate surface area is 133 Å². The molecule has 0 aliphatic heterocycles. The molecule has 23 heavy (non-hydrogen) atoms. The fraction of sp³-hybridized carbons (Fsp3) is 0.188. The maximum atomic E-state index is 12.0. The van der Waals surface area contributed by atoms with E-state index in [9.17, 15) is 4.79 Å². The lowest BCUT2D eigenvalue weighted by Crippen LogP contribution is -2.15. The summed E-state index contributed by atoms with van der Waals surface area (Å²) in [6, 6.07) is 5.69. The van der Waals surface area contributed by atoms with Crippen LogP contribution in [0.4, 0.5) is 11.5 Å². The van der Waals surface area contributed by atoms with E-state index >= 15 is 0 Å². The zero-order valence-electron chi connectivity index (χ0n) is 12.6. The Morgan fingerprint density at radius 3 is 2.96 bits per heavy atom. The van der Waals surface area contributed by atoms with Crippen molar-refractivity contribution in [1.82, 2.24) is 9.61 Å². The molecule has 5 N–H and O–H groups in total. The lowest BCUT2D eigenvalue weighted by molar-refractivity contribution is -0.108. The zero-order chi connectivity index (χ0) is 16.2. The molecule has 0 fully saturated rings. The van der Waals surface area contributed by atoms with Crippen LogP contribution in [-0.4, -0.2) is 34.2 Å². The number of hydrogen-bond acceptors (Lipinski definition) is 6. The second-order valence-electron chi connectivity index (χ2n) is 5.14. The van der Waals surface area contributed by atoms with Gasteiger partial charge >= 0.3 is 0 Å². The van der Waals surface area contributed by atoms with Crippen LogP contribution in [0.5, 0.6) is 0 Å². The van der Waals surface area contributed by atoms with Gasteiger partial charge in [0.1, 0.15) is 11.4 Å². The molecule has 2 heterocycles. The molecular weight excluding hydrogens is 292 g/mol. The summed E-state index contributed by atoms with van der Waals surface area (Å²) in [5.74, 6) is 0.411. The van der Waals surface area contributed by atoms with E-state index < -0.39 is 0 Å². The number of carbonyl (C=O) groups excluding carboxylic acids is 1. The highest BCUT2D eigenvalue weighted by atomic mass is 16.1. The summed E-state index contributed by atoms with van der Waals surface area (Å²) in [5, 5.41) is 7.69. The van der Waals surface area contributed by atoms with Crippen LogP contribution >= 0.6 is 0 Å². The molecule has 0 atom stereocenters. The number of hydrogen-bond donors (Lipinski definition) is 3. The minimum atomic E-state index is -0.215. The summed E-state index contributed by atoms with van der Waals surface area (Å²) in [4.78, 5) is 16.5. The second kappa shape index (κ2) is 6.45.